The Kier molecular flexibility index (Phi) is 4.62. The first-order valence-electron chi connectivity index (χ1n) is 6.32. The maximum absolute atomic E-state index is 11.9. The number of rotatable bonds is 5. The summed E-state index contributed by atoms with van der Waals surface area (Å²) in [5, 5.41) is 2.82. The molecular formula is C14H17N5O. The average molecular weight is 271 g/mol. The zero-order chi connectivity index (χ0) is 14.4. The third-order valence-electron chi connectivity index (χ3n) is 2.96. The molecule has 0 atom stereocenters. The second-order valence-electron chi connectivity index (χ2n) is 4.37. The van der Waals surface area contributed by atoms with E-state index in [0.717, 1.165) is 6.42 Å². The number of nitrogens with two attached hydrogens (primary N) is 1. The SMILES string of the molecule is Cc1ccccc1CCNC(=O)c1cncc(NN)n1. The first kappa shape index (κ1) is 14.0. The molecule has 1 amide bonds. The molecule has 0 saturated heterocycles. The van der Waals surface area contributed by atoms with Gasteiger partial charge in [-0.1, -0.05) is 24.3 Å². The molecule has 0 fully saturated rings. The third-order valence-corrected chi connectivity index (χ3v) is 2.96. The van der Waals surface area contributed by atoms with Gasteiger partial charge < -0.3 is 10.7 Å². The summed E-state index contributed by atoms with van der Waals surface area (Å²) in [4.78, 5) is 19.8. The van der Waals surface area contributed by atoms with E-state index in [4.69, 9.17) is 5.84 Å². The summed E-state index contributed by atoms with van der Waals surface area (Å²) in [6, 6.07) is 8.10. The highest BCUT2D eigenvalue weighted by Gasteiger charge is 2.08. The third kappa shape index (κ3) is 3.52. The molecule has 104 valence electrons. The van der Waals surface area contributed by atoms with Gasteiger partial charge in [0.15, 0.2) is 5.82 Å². The Labute approximate surface area is 117 Å². The summed E-state index contributed by atoms with van der Waals surface area (Å²) < 4.78 is 0. The zero-order valence-electron chi connectivity index (χ0n) is 11.3. The Balaban J connectivity index is 1.91. The maximum atomic E-state index is 11.9. The smallest absolute Gasteiger partial charge is 0.271 e. The minimum absolute atomic E-state index is 0.241. The molecule has 0 aliphatic heterocycles. The molecule has 6 nitrogen and oxygen atoms in total. The molecule has 2 aromatic rings. The number of hydrogen-bond donors (Lipinski definition) is 3. The molecule has 0 unspecified atom stereocenters. The number of nitrogen functional groups attached to an aromatic ring is 1. The molecule has 0 aliphatic rings. The minimum Gasteiger partial charge on any atom is -0.350 e. The summed E-state index contributed by atoms with van der Waals surface area (Å²) in [7, 11) is 0. The molecule has 0 saturated carbocycles. The standard InChI is InChI=1S/C14H17N5O/c1-10-4-2-3-5-11(10)6-7-17-14(20)12-8-16-9-13(18-12)19-15/h2-5,8-9H,6-7,15H2,1H3,(H,17,20)(H,18,19). The highest BCUT2D eigenvalue weighted by atomic mass is 16.1. The van der Waals surface area contributed by atoms with Crippen LogP contribution in [0, 0.1) is 6.92 Å². The van der Waals surface area contributed by atoms with Crippen molar-refractivity contribution in [3.63, 3.8) is 0 Å². The van der Waals surface area contributed by atoms with E-state index in [-0.39, 0.29) is 11.6 Å². The molecule has 20 heavy (non-hydrogen) atoms. The Bertz CT molecular complexity index is 600. The maximum Gasteiger partial charge on any atom is 0.271 e. The molecule has 2 rings (SSSR count). The van der Waals surface area contributed by atoms with Crippen molar-refractivity contribution in [1.82, 2.24) is 15.3 Å². The van der Waals surface area contributed by atoms with Crippen molar-refractivity contribution >= 4 is 11.7 Å². The van der Waals surface area contributed by atoms with Crippen LogP contribution in [-0.2, 0) is 6.42 Å². The number of hydrogen-bond acceptors (Lipinski definition) is 5. The van der Waals surface area contributed by atoms with Crippen molar-refractivity contribution in [1.29, 1.82) is 0 Å². The van der Waals surface area contributed by atoms with Crippen LogP contribution < -0.4 is 16.6 Å². The van der Waals surface area contributed by atoms with Crippen LogP contribution in [0.3, 0.4) is 0 Å². The van der Waals surface area contributed by atoms with Crippen LogP contribution in [0.4, 0.5) is 5.82 Å². The van der Waals surface area contributed by atoms with Gasteiger partial charge in [0.1, 0.15) is 5.69 Å². The molecular weight excluding hydrogens is 254 g/mol. The van der Waals surface area contributed by atoms with Gasteiger partial charge in [-0.25, -0.2) is 10.8 Å². The van der Waals surface area contributed by atoms with Gasteiger partial charge in [0.25, 0.3) is 5.91 Å². The van der Waals surface area contributed by atoms with E-state index >= 15 is 0 Å². The molecule has 0 radical (unpaired) electrons. The fourth-order valence-corrected chi connectivity index (χ4v) is 1.84. The zero-order valence-corrected chi connectivity index (χ0v) is 11.3. The predicted octanol–water partition coefficient (Wildman–Crippen LogP) is 1.04. The lowest BCUT2D eigenvalue weighted by molar-refractivity contribution is 0.0949. The number of aromatic nitrogens is 2. The Hall–Kier alpha value is -2.47. The molecule has 1 aromatic heterocycles. The number of carbonyl (C=O) groups is 1. The highest BCUT2D eigenvalue weighted by Crippen LogP contribution is 2.07. The number of hydrazine groups is 1. The minimum atomic E-state index is -0.261. The largest absolute Gasteiger partial charge is 0.350 e. The number of carbonyl (C=O) groups excluding carboxylic acids is 1. The quantitative estimate of drug-likeness (QED) is 0.558. The molecule has 0 spiro atoms. The van der Waals surface area contributed by atoms with Crippen molar-refractivity contribution in [2.24, 2.45) is 5.84 Å². The molecule has 6 heteroatoms. The van der Waals surface area contributed by atoms with Crippen molar-refractivity contribution < 1.29 is 4.79 Å². The van der Waals surface area contributed by atoms with Crippen molar-refractivity contribution in [2.45, 2.75) is 13.3 Å². The average Bonchev–Trinajstić information content (AvgIpc) is 2.49. The number of anilines is 1. The lowest BCUT2D eigenvalue weighted by atomic mass is 10.1. The second-order valence-corrected chi connectivity index (χ2v) is 4.37. The number of nitrogens with zero attached hydrogens (tertiary/aromatic N) is 2. The van der Waals surface area contributed by atoms with E-state index in [9.17, 15) is 4.79 Å². The summed E-state index contributed by atoms with van der Waals surface area (Å²) in [5.41, 5.74) is 5.04. The van der Waals surface area contributed by atoms with Gasteiger partial charge in [-0.2, -0.15) is 0 Å². The van der Waals surface area contributed by atoms with Gasteiger partial charge in [-0.15, -0.1) is 0 Å². The van der Waals surface area contributed by atoms with E-state index in [1.54, 1.807) is 0 Å². The van der Waals surface area contributed by atoms with E-state index in [1.165, 1.54) is 23.5 Å². The van der Waals surface area contributed by atoms with E-state index in [0.29, 0.717) is 12.4 Å². The fraction of sp³-hybridized carbons (Fsp3) is 0.214. The van der Waals surface area contributed by atoms with Crippen LogP contribution in [0.1, 0.15) is 21.6 Å². The predicted molar refractivity (Wildman–Crippen MR) is 77.1 cm³/mol. The van der Waals surface area contributed by atoms with Crippen molar-refractivity contribution in [3.05, 3.63) is 53.5 Å². The van der Waals surface area contributed by atoms with Crippen LogP contribution >= 0.6 is 0 Å². The lowest BCUT2D eigenvalue weighted by Gasteiger charge is -2.07. The Morgan fingerprint density at radius 1 is 1.30 bits per heavy atom. The van der Waals surface area contributed by atoms with Crippen LogP contribution in [0.15, 0.2) is 36.7 Å². The fourth-order valence-electron chi connectivity index (χ4n) is 1.84. The van der Waals surface area contributed by atoms with Gasteiger partial charge in [0.2, 0.25) is 0 Å². The van der Waals surface area contributed by atoms with Gasteiger partial charge in [-0.3, -0.25) is 9.78 Å². The molecule has 0 aliphatic carbocycles. The number of nitrogens with one attached hydrogen (secondary N) is 2. The van der Waals surface area contributed by atoms with Gasteiger partial charge in [-0.05, 0) is 24.5 Å². The van der Waals surface area contributed by atoms with Gasteiger partial charge >= 0.3 is 0 Å². The number of aryl methyl sites for hydroxylation is 1. The number of amides is 1. The van der Waals surface area contributed by atoms with E-state index in [1.807, 2.05) is 12.1 Å². The summed E-state index contributed by atoms with van der Waals surface area (Å²) in [5.74, 6) is 5.32. The molecule has 1 aromatic carbocycles. The lowest BCUT2D eigenvalue weighted by Crippen LogP contribution is -2.27. The monoisotopic (exact) mass is 271 g/mol. The van der Waals surface area contributed by atoms with E-state index in [2.05, 4.69) is 39.8 Å². The van der Waals surface area contributed by atoms with Gasteiger partial charge in [0, 0.05) is 6.54 Å². The normalized spacial score (nSPS) is 10.1. The van der Waals surface area contributed by atoms with Crippen LogP contribution in [0.25, 0.3) is 0 Å². The van der Waals surface area contributed by atoms with Crippen molar-refractivity contribution in [2.75, 3.05) is 12.0 Å². The van der Waals surface area contributed by atoms with Gasteiger partial charge in [0.05, 0.1) is 12.4 Å². The Morgan fingerprint density at radius 2 is 2.10 bits per heavy atom. The number of benzene rings is 1. The Morgan fingerprint density at radius 3 is 2.85 bits per heavy atom. The van der Waals surface area contributed by atoms with Crippen LogP contribution in [0.5, 0.6) is 0 Å². The summed E-state index contributed by atoms with van der Waals surface area (Å²) in [6.07, 6.45) is 3.63. The van der Waals surface area contributed by atoms with E-state index < -0.39 is 0 Å². The topological polar surface area (TPSA) is 92.9 Å². The molecule has 1 heterocycles. The molecule has 4 N–H and O–H groups in total. The van der Waals surface area contributed by atoms with Crippen molar-refractivity contribution in [3.8, 4) is 0 Å². The summed E-state index contributed by atoms with van der Waals surface area (Å²) in [6.45, 7) is 2.60. The van der Waals surface area contributed by atoms with Crippen LogP contribution in [-0.4, -0.2) is 22.4 Å². The first-order chi connectivity index (χ1) is 9.70. The molecule has 0 bridgehead atoms. The second kappa shape index (κ2) is 6.63. The highest BCUT2D eigenvalue weighted by molar-refractivity contribution is 5.92. The first-order valence-corrected chi connectivity index (χ1v) is 6.32. The summed E-state index contributed by atoms with van der Waals surface area (Å²) >= 11 is 0. The van der Waals surface area contributed by atoms with Crippen LogP contribution in [0.2, 0.25) is 0 Å².